The van der Waals surface area contributed by atoms with Crippen LogP contribution >= 0.6 is 0 Å². The quantitative estimate of drug-likeness (QED) is 0.490. The summed E-state index contributed by atoms with van der Waals surface area (Å²) in [6.45, 7) is 0. The predicted octanol–water partition coefficient (Wildman–Crippen LogP) is 0.136. The molecule has 0 spiro atoms. The molecule has 0 aliphatic carbocycles. The molecule has 0 bridgehead atoms. The van der Waals surface area contributed by atoms with Crippen LogP contribution in [0.5, 0.6) is 0 Å². The molecule has 0 radical (unpaired) electrons. The van der Waals surface area contributed by atoms with Gasteiger partial charge in [0.1, 0.15) is 0 Å². The van der Waals surface area contributed by atoms with Crippen molar-refractivity contribution < 1.29 is 44.7 Å². The molecule has 0 aliphatic rings. The standard InChI is InChI=1S/C7H6O2.C6H8O7/c8-7(9)6-4-2-1-3-5-6;7-3(8)1-6(13,5(11)12)2-4(9)10/h1-5H,(H,8,9);13H,1-2H2,(H,7,8)(H,9,10)(H,11,12). The molecular formula is C13H14O9. The minimum absolute atomic E-state index is 0.331. The van der Waals surface area contributed by atoms with Crippen LogP contribution in [0.1, 0.15) is 23.2 Å². The zero-order chi connectivity index (χ0) is 17.3. The van der Waals surface area contributed by atoms with Crippen molar-refractivity contribution in [2.75, 3.05) is 0 Å². The Balaban J connectivity index is 0.000000425. The van der Waals surface area contributed by atoms with Gasteiger partial charge in [-0.1, -0.05) is 18.2 Å². The molecule has 0 saturated carbocycles. The highest BCUT2D eigenvalue weighted by Gasteiger charge is 2.40. The second kappa shape index (κ2) is 8.37. The number of rotatable bonds is 6. The fraction of sp³-hybridized carbons (Fsp3) is 0.231. The van der Waals surface area contributed by atoms with Crippen LogP contribution < -0.4 is 0 Å². The number of aromatic carboxylic acids is 1. The van der Waals surface area contributed by atoms with E-state index < -0.39 is 42.3 Å². The molecule has 0 fully saturated rings. The SMILES string of the molecule is O=C(O)CC(O)(CC(=O)O)C(=O)O.O=C(O)c1ccccc1. The fourth-order valence-electron chi connectivity index (χ4n) is 1.29. The van der Waals surface area contributed by atoms with Gasteiger partial charge in [-0.2, -0.15) is 0 Å². The average Bonchev–Trinajstić information content (AvgIpc) is 2.38. The maximum Gasteiger partial charge on any atom is 0.336 e. The van der Waals surface area contributed by atoms with Crippen LogP contribution in [0.4, 0.5) is 0 Å². The summed E-state index contributed by atoms with van der Waals surface area (Å²) in [6, 6.07) is 8.30. The van der Waals surface area contributed by atoms with E-state index in [0.29, 0.717) is 5.56 Å². The Morgan fingerprint density at radius 3 is 1.45 bits per heavy atom. The molecule has 0 aliphatic heterocycles. The van der Waals surface area contributed by atoms with E-state index in [0.717, 1.165) is 0 Å². The van der Waals surface area contributed by atoms with Crippen LogP contribution in [0, 0.1) is 0 Å². The monoisotopic (exact) mass is 314 g/mol. The van der Waals surface area contributed by atoms with Gasteiger partial charge in [0, 0.05) is 0 Å². The van der Waals surface area contributed by atoms with Crippen molar-refractivity contribution in [3.8, 4) is 0 Å². The maximum atomic E-state index is 10.3. The van der Waals surface area contributed by atoms with Gasteiger partial charge >= 0.3 is 23.9 Å². The topological polar surface area (TPSA) is 169 Å². The van der Waals surface area contributed by atoms with Crippen molar-refractivity contribution in [3.05, 3.63) is 35.9 Å². The Labute approximate surface area is 124 Å². The third-order valence-electron chi connectivity index (χ3n) is 2.31. The third-order valence-corrected chi connectivity index (χ3v) is 2.31. The first kappa shape index (κ1) is 19.1. The van der Waals surface area contributed by atoms with Gasteiger partial charge in [0.05, 0.1) is 18.4 Å². The highest BCUT2D eigenvalue weighted by molar-refractivity contribution is 5.88. The molecule has 0 unspecified atom stereocenters. The van der Waals surface area contributed by atoms with Gasteiger partial charge in [-0.25, -0.2) is 9.59 Å². The van der Waals surface area contributed by atoms with Crippen LogP contribution in [0.3, 0.4) is 0 Å². The summed E-state index contributed by atoms with van der Waals surface area (Å²) >= 11 is 0. The molecule has 0 saturated heterocycles. The van der Waals surface area contributed by atoms with E-state index in [2.05, 4.69) is 0 Å². The highest BCUT2D eigenvalue weighted by Crippen LogP contribution is 2.15. The summed E-state index contributed by atoms with van der Waals surface area (Å²) in [6.07, 6.45) is -2.29. The molecular weight excluding hydrogens is 300 g/mol. The number of aliphatic hydroxyl groups is 1. The van der Waals surface area contributed by atoms with E-state index >= 15 is 0 Å². The van der Waals surface area contributed by atoms with Gasteiger partial charge < -0.3 is 25.5 Å². The molecule has 22 heavy (non-hydrogen) atoms. The molecule has 1 aromatic rings. The molecule has 0 aromatic heterocycles. The number of aliphatic carboxylic acids is 3. The molecule has 1 aromatic carbocycles. The summed E-state index contributed by atoms with van der Waals surface area (Å²) in [5.41, 5.74) is -2.41. The molecule has 0 atom stereocenters. The molecule has 9 nitrogen and oxygen atoms in total. The zero-order valence-electron chi connectivity index (χ0n) is 11.2. The van der Waals surface area contributed by atoms with E-state index in [-0.39, 0.29) is 0 Å². The molecule has 1 rings (SSSR count). The van der Waals surface area contributed by atoms with Gasteiger partial charge in [-0.3, -0.25) is 9.59 Å². The van der Waals surface area contributed by atoms with E-state index in [9.17, 15) is 19.2 Å². The van der Waals surface area contributed by atoms with Gasteiger partial charge in [-0.05, 0) is 12.1 Å². The minimum atomic E-state index is -2.74. The molecule has 5 N–H and O–H groups in total. The molecule has 9 heteroatoms. The summed E-state index contributed by atoms with van der Waals surface area (Å²) < 4.78 is 0. The number of benzene rings is 1. The Hall–Kier alpha value is -2.94. The Kier molecular flexibility index (Phi) is 7.25. The van der Waals surface area contributed by atoms with Crippen molar-refractivity contribution in [3.63, 3.8) is 0 Å². The van der Waals surface area contributed by atoms with Gasteiger partial charge in [0.15, 0.2) is 5.60 Å². The molecule has 0 heterocycles. The van der Waals surface area contributed by atoms with E-state index in [1.165, 1.54) is 0 Å². The number of carboxylic acids is 4. The smallest absolute Gasteiger partial charge is 0.336 e. The lowest BCUT2D eigenvalue weighted by Crippen LogP contribution is -2.42. The van der Waals surface area contributed by atoms with Crippen LogP contribution in [0.25, 0.3) is 0 Å². The van der Waals surface area contributed by atoms with Gasteiger partial charge in [0.2, 0.25) is 0 Å². The van der Waals surface area contributed by atoms with Gasteiger partial charge in [0.25, 0.3) is 0 Å². The number of hydrogen-bond acceptors (Lipinski definition) is 5. The Morgan fingerprint density at radius 1 is 0.818 bits per heavy atom. The Bertz CT molecular complexity index is 534. The number of hydrogen-bond donors (Lipinski definition) is 5. The Morgan fingerprint density at radius 2 is 1.23 bits per heavy atom. The lowest BCUT2D eigenvalue weighted by molar-refractivity contribution is -0.170. The van der Waals surface area contributed by atoms with E-state index in [4.69, 9.17) is 25.5 Å². The predicted molar refractivity (Wildman–Crippen MR) is 70.5 cm³/mol. The summed E-state index contributed by atoms with van der Waals surface area (Å²) in [5.74, 6) is -5.90. The minimum Gasteiger partial charge on any atom is -0.481 e. The molecule has 120 valence electrons. The molecule has 0 amide bonds. The fourth-order valence-corrected chi connectivity index (χ4v) is 1.29. The lowest BCUT2D eigenvalue weighted by atomic mass is 9.96. The average molecular weight is 314 g/mol. The second-order valence-electron chi connectivity index (χ2n) is 4.15. The van der Waals surface area contributed by atoms with Crippen LogP contribution in [-0.2, 0) is 14.4 Å². The van der Waals surface area contributed by atoms with E-state index in [1.807, 2.05) is 0 Å². The van der Waals surface area contributed by atoms with Crippen molar-refractivity contribution in [1.29, 1.82) is 0 Å². The summed E-state index contributed by atoms with van der Waals surface area (Å²) in [4.78, 5) is 40.7. The first-order valence-electron chi connectivity index (χ1n) is 5.76. The van der Waals surface area contributed by atoms with Crippen LogP contribution in [0.2, 0.25) is 0 Å². The lowest BCUT2D eigenvalue weighted by Gasteiger charge is -2.18. The van der Waals surface area contributed by atoms with Crippen molar-refractivity contribution in [2.24, 2.45) is 0 Å². The van der Waals surface area contributed by atoms with Crippen molar-refractivity contribution in [1.82, 2.24) is 0 Å². The van der Waals surface area contributed by atoms with Crippen molar-refractivity contribution >= 4 is 23.9 Å². The second-order valence-corrected chi connectivity index (χ2v) is 4.15. The largest absolute Gasteiger partial charge is 0.481 e. The number of carbonyl (C=O) groups is 4. The van der Waals surface area contributed by atoms with E-state index in [1.54, 1.807) is 30.3 Å². The highest BCUT2D eigenvalue weighted by atomic mass is 16.4. The van der Waals surface area contributed by atoms with Crippen molar-refractivity contribution in [2.45, 2.75) is 18.4 Å². The van der Waals surface area contributed by atoms with Gasteiger partial charge in [-0.15, -0.1) is 0 Å². The maximum absolute atomic E-state index is 10.3. The number of carboxylic acid groups (broad SMARTS) is 4. The first-order valence-corrected chi connectivity index (χ1v) is 5.76. The summed E-state index contributed by atoms with van der Waals surface area (Å²) in [7, 11) is 0. The van der Waals surface area contributed by atoms with Crippen LogP contribution in [-0.4, -0.2) is 55.0 Å². The zero-order valence-corrected chi connectivity index (χ0v) is 11.2. The third kappa shape index (κ3) is 7.01. The van der Waals surface area contributed by atoms with Crippen LogP contribution in [0.15, 0.2) is 30.3 Å². The normalized spacial score (nSPS) is 10.0. The first-order chi connectivity index (χ1) is 10.1. The summed E-state index contributed by atoms with van der Waals surface area (Å²) in [5, 5.41) is 42.2.